The molecule has 1 saturated heterocycles. The van der Waals surface area contributed by atoms with Gasteiger partial charge in [-0.25, -0.2) is 0 Å². The van der Waals surface area contributed by atoms with Gasteiger partial charge in [-0.2, -0.15) is 0 Å². The molecule has 13 heavy (non-hydrogen) atoms. The van der Waals surface area contributed by atoms with Gasteiger partial charge in [0.15, 0.2) is 6.29 Å². The molecule has 0 bridgehead atoms. The van der Waals surface area contributed by atoms with Crippen LogP contribution in [0.3, 0.4) is 0 Å². The zero-order chi connectivity index (χ0) is 9.84. The van der Waals surface area contributed by atoms with E-state index >= 15 is 0 Å². The standard InChI is InChI=1S/C8H16O5/c1-10-5-4-13-8(12-3)7(11-2)6(5)9/h5-9H,4H2,1-3H3. The van der Waals surface area contributed by atoms with Crippen LogP contribution in [0.25, 0.3) is 0 Å². The first-order valence-electron chi connectivity index (χ1n) is 4.12. The van der Waals surface area contributed by atoms with Crippen molar-refractivity contribution in [1.29, 1.82) is 0 Å². The third kappa shape index (κ3) is 2.18. The van der Waals surface area contributed by atoms with Gasteiger partial charge in [0.25, 0.3) is 0 Å². The molecule has 0 saturated carbocycles. The topological polar surface area (TPSA) is 57.2 Å². The third-order valence-electron chi connectivity index (χ3n) is 2.22. The largest absolute Gasteiger partial charge is 0.387 e. The number of aliphatic hydroxyl groups excluding tert-OH is 1. The van der Waals surface area contributed by atoms with E-state index in [2.05, 4.69) is 0 Å². The van der Waals surface area contributed by atoms with Crippen molar-refractivity contribution in [3.8, 4) is 0 Å². The Hall–Kier alpha value is -0.200. The number of hydrogen-bond acceptors (Lipinski definition) is 5. The molecule has 1 aliphatic rings. The summed E-state index contributed by atoms with van der Waals surface area (Å²) < 4.78 is 20.3. The zero-order valence-corrected chi connectivity index (χ0v) is 8.10. The van der Waals surface area contributed by atoms with E-state index in [9.17, 15) is 5.11 Å². The average molecular weight is 192 g/mol. The summed E-state index contributed by atoms with van der Waals surface area (Å²) in [4.78, 5) is 0. The third-order valence-corrected chi connectivity index (χ3v) is 2.22. The van der Waals surface area contributed by atoms with Crippen molar-refractivity contribution in [3.63, 3.8) is 0 Å². The maximum atomic E-state index is 9.72. The number of rotatable bonds is 3. The first kappa shape index (κ1) is 10.9. The van der Waals surface area contributed by atoms with Gasteiger partial charge in [0.05, 0.1) is 6.61 Å². The Labute approximate surface area is 77.5 Å². The van der Waals surface area contributed by atoms with E-state index in [1.54, 1.807) is 0 Å². The normalized spacial score (nSPS) is 40.6. The Morgan fingerprint density at radius 2 is 1.85 bits per heavy atom. The van der Waals surface area contributed by atoms with Gasteiger partial charge in [0.2, 0.25) is 0 Å². The fraction of sp³-hybridized carbons (Fsp3) is 1.00. The molecule has 5 heteroatoms. The number of ether oxygens (including phenoxy) is 4. The molecular weight excluding hydrogens is 176 g/mol. The SMILES string of the molecule is COC1COC(OC)C(OC)C1O. The predicted molar refractivity (Wildman–Crippen MR) is 44.3 cm³/mol. The van der Waals surface area contributed by atoms with Crippen molar-refractivity contribution < 1.29 is 24.1 Å². The van der Waals surface area contributed by atoms with Gasteiger partial charge in [-0.15, -0.1) is 0 Å². The maximum absolute atomic E-state index is 9.72. The Kier molecular flexibility index (Phi) is 4.08. The number of hydrogen-bond donors (Lipinski definition) is 1. The molecule has 0 aromatic carbocycles. The van der Waals surface area contributed by atoms with E-state index in [1.165, 1.54) is 21.3 Å². The molecule has 1 fully saturated rings. The summed E-state index contributed by atoms with van der Waals surface area (Å²) in [5, 5.41) is 9.72. The molecule has 1 aliphatic heterocycles. The van der Waals surface area contributed by atoms with Crippen LogP contribution >= 0.6 is 0 Å². The van der Waals surface area contributed by atoms with Crippen LogP contribution in [0.1, 0.15) is 0 Å². The van der Waals surface area contributed by atoms with Crippen LogP contribution in [0, 0.1) is 0 Å². The van der Waals surface area contributed by atoms with E-state index in [1.807, 2.05) is 0 Å². The molecule has 0 aromatic rings. The summed E-state index contributed by atoms with van der Waals surface area (Å²) in [6, 6.07) is 0. The average Bonchev–Trinajstić information content (AvgIpc) is 2.17. The van der Waals surface area contributed by atoms with Crippen molar-refractivity contribution in [3.05, 3.63) is 0 Å². The Morgan fingerprint density at radius 1 is 1.15 bits per heavy atom. The fourth-order valence-corrected chi connectivity index (χ4v) is 1.42. The summed E-state index contributed by atoms with van der Waals surface area (Å²) in [6.07, 6.45) is -2.08. The molecule has 5 nitrogen and oxygen atoms in total. The monoisotopic (exact) mass is 192 g/mol. The highest BCUT2D eigenvalue weighted by Crippen LogP contribution is 2.19. The fourth-order valence-electron chi connectivity index (χ4n) is 1.42. The van der Waals surface area contributed by atoms with Crippen molar-refractivity contribution in [2.45, 2.75) is 24.6 Å². The molecule has 1 heterocycles. The van der Waals surface area contributed by atoms with Crippen LogP contribution in [-0.2, 0) is 18.9 Å². The van der Waals surface area contributed by atoms with Gasteiger partial charge in [-0.3, -0.25) is 0 Å². The molecule has 4 unspecified atom stereocenters. The Balaban J connectivity index is 2.59. The van der Waals surface area contributed by atoms with Crippen LogP contribution in [-0.4, -0.2) is 57.6 Å². The van der Waals surface area contributed by atoms with Crippen molar-refractivity contribution in [2.75, 3.05) is 27.9 Å². The molecule has 78 valence electrons. The highest BCUT2D eigenvalue weighted by molar-refractivity contribution is 4.84. The molecule has 1 rings (SSSR count). The van der Waals surface area contributed by atoms with Gasteiger partial charge in [-0.1, -0.05) is 0 Å². The summed E-state index contributed by atoms with van der Waals surface area (Å²) in [5.74, 6) is 0. The summed E-state index contributed by atoms with van der Waals surface area (Å²) >= 11 is 0. The van der Waals surface area contributed by atoms with Crippen molar-refractivity contribution >= 4 is 0 Å². The first-order valence-corrected chi connectivity index (χ1v) is 4.12. The molecule has 0 aromatic heterocycles. The number of aliphatic hydroxyl groups is 1. The van der Waals surface area contributed by atoms with Crippen LogP contribution in [0.5, 0.6) is 0 Å². The summed E-state index contributed by atoms with van der Waals surface area (Å²) in [7, 11) is 4.54. The summed E-state index contributed by atoms with van der Waals surface area (Å²) in [6.45, 7) is 0.316. The van der Waals surface area contributed by atoms with Gasteiger partial charge in [0, 0.05) is 21.3 Å². The molecule has 0 spiro atoms. The maximum Gasteiger partial charge on any atom is 0.186 e. The molecular formula is C8H16O5. The second-order valence-corrected chi connectivity index (χ2v) is 2.90. The summed E-state index contributed by atoms with van der Waals surface area (Å²) in [5.41, 5.74) is 0. The molecule has 4 atom stereocenters. The van der Waals surface area contributed by atoms with E-state index in [0.29, 0.717) is 6.61 Å². The van der Waals surface area contributed by atoms with Crippen LogP contribution in [0.4, 0.5) is 0 Å². The lowest BCUT2D eigenvalue weighted by molar-refractivity contribution is -0.271. The van der Waals surface area contributed by atoms with E-state index in [4.69, 9.17) is 18.9 Å². The molecule has 1 N–H and O–H groups in total. The van der Waals surface area contributed by atoms with Crippen molar-refractivity contribution in [2.24, 2.45) is 0 Å². The van der Waals surface area contributed by atoms with Crippen molar-refractivity contribution in [1.82, 2.24) is 0 Å². The minimum absolute atomic E-state index is 0.316. The van der Waals surface area contributed by atoms with Gasteiger partial charge in [0.1, 0.15) is 18.3 Å². The smallest absolute Gasteiger partial charge is 0.186 e. The van der Waals surface area contributed by atoms with E-state index in [0.717, 1.165) is 0 Å². The highest BCUT2D eigenvalue weighted by Gasteiger charge is 2.40. The lowest BCUT2D eigenvalue weighted by Gasteiger charge is -2.37. The van der Waals surface area contributed by atoms with Crippen LogP contribution in [0.15, 0.2) is 0 Å². The Bertz CT molecular complexity index is 151. The van der Waals surface area contributed by atoms with Gasteiger partial charge >= 0.3 is 0 Å². The second kappa shape index (κ2) is 4.88. The minimum atomic E-state index is -0.714. The second-order valence-electron chi connectivity index (χ2n) is 2.90. The molecule has 0 aliphatic carbocycles. The van der Waals surface area contributed by atoms with Gasteiger partial charge in [-0.05, 0) is 0 Å². The first-order chi connectivity index (χ1) is 6.24. The van der Waals surface area contributed by atoms with E-state index < -0.39 is 18.5 Å². The van der Waals surface area contributed by atoms with Gasteiger partial charge < -0.3 is 24.1 Å². The molecule has 0 radical (unpaired) electrons. The lowest BCUT2D eigenvalue weighted by Crippen LogP contribution is -2.54. The quantitative estimate of drug-likeness (QED) is 0.646. The predicted octanol–water partition coefficient (Wildman–Crippen LogP) is -0.620. The lowest BCUT2D eigenvalue weighted by atomic mass is 10.1. The van der Waals surface area contributed by atoms with E-state index in [-0.39, 0.29) is 6.10 Å². The van der Waals surface area contributed by atoms with Crippen LogP contribution in [0.2, 0.25) is 0 Å². The highest BCUT2D eigenvalue weighted by atomic mass is 16.7. The van der Waals surface area contributed by atoms with Crippen LogP contribution < -0.4 is 0 Å². The zero-order valence-electron chi connectivity index (χ0n) is 8.10. The Morgan fingerprint density at radius 3 is 2.31 bits per heavy atom. The molecule has 0 amide bonds. The minimum Gasteiger partial charge on any atom is -0.387 e. The number of methoxy groups -OCH3 is 3.